The van der Waals surface area contributed by atoms with Gasteiger partial charge in [0.25, 0.3) is 0 Å². The molecule has 0 saturated carbocycles. The van der Waals surface area contributed by atoms with E-state index in [2.05, 4.69) is 4.74 Å². The van der Waals surface area contributed by atoms with Crippen molar-refractivity contribution in [2.45, 2.75) is 25.1 Å². The fourth-order valence-electron chi connectivity index (χ4n) is 2.25. The van der Waals surface area contributed by atoms with Crippen molar-refractivity contribution >= 4 is 5.91 Å². The average Bonchev–Trinajstić information content (AvgIpc) is 2.52. The fraction of sp³-hybridized carbons (Fsp3) is 0.417. The fourth-order valence-corrected chi connectivity index (χ4v) is 2.25. The van der Waals surface area contributed by atoms with Crippen molar-refractivity contribution in [3.8, 4) is 5.75 Å². The first-order valence-corrected chi connectivity index (χ1v) is 5.55. The number of nitrogens with zero attached hydrogens (tertiary/aromatic N) is 1. The SMILES string of the molecule is CN1C(=O)CC(N)C1c1cccc(OC(F)F)c1. The number of rotatable bonds is 3. The number of likely N-dealkylation sites (N-methyl/N-ethyl adjacent to an activating group) is 1. The van der Waals surface area contributed by atoms with Gasteiger partial charge in [-0.25, -0.2) is 0 Å². The molecule has 6 heteroatoms. The van der Waals surface area contributed by atoms with Crippen molar-refractivity contribution in [1.82, 2.24) is 4.90 Å². The summed E-state index contributed by atoms with van der Waals surface area (Å²) in [7, 11) is 1.65. The van der Waals surface area contributed by atoms with Gasteiger partial charge in [0.1, 0.15) is 5.75 Å². The van der Waals surface area contributed by atoms with Crippen molar-refractivity contribution in [2.24, 2.45) is 5.73 Å². The number of ether oxygens (including phenoxy) is 1. The van der Waals surface area contributed by atoms with Gasteiger partial charge in [-0.15, -0.1) is 0 Å². The molecule has 0 bridgehead atoms. The standard InChI is InChI=1S/C12H14F2N2O2/c1-16-10(17)6-9(15)11(16)7-3-2-4-8(5-7)18-12(13)14/h2-5,9,11-12H,6,15H2,1H3. The summed E-state index contributed by atoms with van der Waals surface area (Å²) in [5.74, 6) is 0.0233. The second-order valence-corrected chi connectivity index (χ2v) is 4.27. The zero-order valence-corrected chi connectivity index (χ0v) is 9.85. The number of amides is 1. The molecule has 1 aliphatic heterocycles. The highest BCUT2D eigenvalue weighted by Gasteiger charge is 2.36. The van der Waals surface area contributed by atoms with E-state index < -0.39 is 6.61 Å². The van der Waals surface area contributed by atoms with Gasteiger partial charge >= 0.3 is 6.61 Å². The number of alkyl halides is 2. The molecule has 1 amide bonds. The average molecular weight is 256 g/mol. The van der Waals surface area contributed by atoms with Crippen LogP contribution in [0.2, 0.25) is 0 Å². The summed E-state index contributed by atoms with van der Waals surface area (Å²) < 4.78 is 28.6. The molecular weight excluding hydrogens is 242 g/mol. The Kier molecular flexibility index (Phi) is 3.47. The number of likely N-dealkylation sites (tertiary alicyclic amines) is 1. The minimum Gasteiger partial charge on any atom is -0.435 e. The Morgan fingerprint density at radius 1 is 1.50 bits per heavy atom. The van der Waals surface area contributed by atoms with Crippen LogP contribution in [0.3, 0.4) is 0 Å². The lowest BCUT2D eigenvalue weighted by Crippen LogP contribution is -2.30. The Balaban J connectivity index is 2.25. The summed E-state index contributed by atoms with van der Waals surface area (Å²) in [6, 6.07) is 5.67. The number of carbonyl (C=O) groups is 1. The number of hydrogen-bond acceptors (Lipinski definition) is 3. The maximum absolute atomic E-state index is 12.1. The molecule has 2 unspecified atom stereocenters. The molecule has 1 heterocycles. The van der Waals surface area contributed by atoms with E-state index in [4.69, 9.17) is 5.73 Å². The maximum Gasteiger partial charge on any atom is 0.387 e. The van der Waals surface area contributed by atoms with Crippen LogP contribution in [0.25, 0.3) is 0 Å². The predicted molar refractivity (Wildman–Crippen MR) is 61.2 cm³/mol. The highest BCUT2D eigenvalue weighted by Crippen LogP contribution is 2.32. The van der Waals surface area contributed by atoms with Gasteiger partial charge in [-0.3, -0.25) is 4.79 Å². The summed E-state index contributed by atoms with van der Waals surface area (Å²) in [6.07, 6.45) is 0.265. The topological polar surface area (TPSA) is 55.6 Å². The van der Waals surface area contributed by atoms with Crippen LogP contribution in [0.1, 0.15) is 18.0 Å². The zero-order chi connectivity index (χ0) is 13.3. The van der Waals surface area contributed by atoms with Crippen LogP contribution in [-0.2, 0) is 4.79 Å². The van der Waals surface area contributed by atoms with Crippen LogP contribution in [-0.4, -0.2) is 30.5 Å². The number of nitrogens with two attached hydrogens (primary N) is 1. The van der Waals surface area contributed by atoms with Crippen LogP contribution < -0.4 is 10.5 Å². The Bertz CT molecular complexity index is 453. The van der Waals surface area contributed by atoms with Gasteiger partial charge in [0.05, 0.1) is 6.04 Å². The quantitative estimate of drug-likeness (QED) is 0.892. The predicted octanol–water partition coefficient (Wildman–Crippen LogP) is 1.52. The Morgan fingerprint density at radius 2 is 2.22 bits per heavy atom. The van der Waals surface area contributed by atoms with Crippen LogP contribution in [0, 0.1) is 0 Å². The smallest absolute Gasteiger partial charge is 0.387 e. The van der Waals surface area contributed by atoms with Crippen molar-refractivity contribution in [2.75, 3.05) is 7.05 Å². The minimum absolute atomic E-state index is 0.0484. The molecule has 2 atom stereocenters. The van der Waals surface area contributed by atoms with Crippen LogP contribution >= 0.6 is 0 Å². The molecule has 18 heavy (non-hydrogen) atoms. The second kappa shape index (κ2) is 4.89. The van der Waals surface area contributed by atoms with Crippen LogP contribution in [0.5, 0.6) is 5.75 Å². The molecule has 4 nitrogen and oxygen atoms in total. The molecule has 1 aliphatic rings. The highest BCUT2D eigenvalue weighted by atomic mass is 19.3. The summed E-state index contributed by atoms with van der Waals surface area (Å²) in [6.45, 7) is -2.86. The molecule has 0 aromatic heterocycles. The van der Waals surface area contributed by atoms with E-state index in [1.807, 2.05) is 0 Å². The first-order chi connectivity index (χ1) is 8.49. The normalized spacial score (nSPS) is 23.8. The maximum atomic E-state index is 12.1. The third-order valence-electron chi connectivity index (χ3n) is 3.05. The van der Waals surface area contributed by atoms with E-state index >= 15 is 0 Å². The number of carbonyl (C=O) groups excluding carboxylic acids is 1. The summed E-state index contributed by atoms with van der Waals surface area (Å²) in [5, 5.41) is 0. The van der Waals surface area contributed by atoms with Gasteiger partial charge in [0.15, 0.2) is 0 Å². The van der Waals surface area contributed by atoms with E-state index in [0.29, 0.717) is 5.56 Å². The minimum atomic E-state index is -2.86. The molecule has 2 N–H and O–H groups in total. The van der Waals surface area contributed by atoms with E-state index in [1.165, 1.54) is 17.0 Å². The van der Waals surface area contributed by atoms with Crippen molar-refractivity contribution in [3.05, 3.63) is 29.8 Å². The third kappa shape index (κ3) is 2.43. The molecule has 1 saturated heterocycles. The lowest BCUT2D eigenvalue weighted by Gasteiger charge is -2.23. The lowest BCUT2D eigenvalue weighted by molar-refractivity contribution is -0.127. The second-order valence-electron chi connectivity index (χ2n) is 4.27. The number of benzene rings is 1. The van der Waals surface area contributed by atoms with Crippen LogP contribution in [0.15, 0.2) is 24.3 Å². The molecule has 0 radical (unpaired) electrons. The van der Waals surface area contributed by atoms with E-state index in [1.54, 1.807) is 19.2 Å². The van der Waals surface area contributed by atoms with E-state index in [0.717, 1.165) is 0 Å². The van der Waals surface area contributed by atoms with Gasteiger partial charge in [-0.05, 0) is 17.7 Å². The highest BCUT2D eigenvalue weighted by molar-refractivity contribution is 5.80. The summed E-state index contributed by atoms with van der Waals surface area (Å²) in [5.41, 5.74) is 6.59. The Labute approximate surface area is 103 Å². The molecule has 1 fully saturated rings. The third-order valence-corrected chi connectivity index (χ3v) is 3.05. The van der Waals surface area contributed by atoms with Gasteiger partial charge in [-0.1, -0.05) is 12.1 Å². The van der Waals surface area contributed by atoms with Crippen molar-refractivity contribution in [3.63, 3.8) is 0 Å². The molecule has 98 valence electrons. The Morgan fingerprint density at radius 3 is 2.78 bits per heavy atom. The van der Waals surface area contributed by atoms with Crippen molar-refractivity contribution < 1.29 is 18.3 Å². The van der Waals surface area contributed by atoms with Gasteiger partial charge in [0.2, 0.25) is 5.91 Å². The van der Waals surface area contributed by atoms with E-state index in [9.17, 15) is 13.6 Å². The Hall–Kier alpha value is -1.69. The van der Waals surface area contributed by atoms with Crippen molar-refractivity contribution in [1.29, 1.82) is 0 Å². The molecule has 1 aromatic carbocycles. The number of hydrogen-bond donors (Lipinski definition) is 1. The summed E-state index contributed by atoms with van der Waals surface area (Å²) >= 11 is 0. The molecule has 2 rings (SSSR count). The van der Waals surface area contributed by atoms with E-state index in [-0.39, 0.29) is 30.2 Å². The summed E-state index contributed by atoms with van der Waals surface area (Å²) in [4.78, 5) is 13.1. The molecule has 0 aliphatic carbocycles. The number of halogens is 2. The van der Waals surface area contributed by atoms with Gasteiger partial charge in [-0.2, -0.15) is 8.78 Å². The molecule has 0 spiro atoms. The molecular formula is C12H14F2N2O2. The van der Waals surface area contributed by atoms with Crippen LogP contribution in [0.4, 0.5) is 8.78 Å². The molecule has 1 aromatic rings. The zero-order valence-electron chi connectivity index (χ0n) is 9.85. The lowest BCUT2D eigenvalue weighted by atomic mass is 10.0. The van der Waals surface area contributed by atoms with Gasteiger partial charge < -0.3 is 15.4 Å². The first kappa shape index (κ1) is 12.8. The monoisotopic (exact) mass is 256 g/mol. The van der Waals surface area contributed by atoms with Gasteiger partial charge in [0, 0.05) is 19.5 Å². The first-order valence-electron chi connectivity index (χ1n) is 5.55. The largest absolute Gasteiger partial charge is 0.435 e.